The van der Waals surface area contributed by atoms with Crippen LogP contribution in [0.25, 0.3) is 10.9 Å². The van der Waals surface area contributed by atoms with E-state index in [9.17, 15) is 14.9 Å². The summed E-state index contributed by atoms with van der Waals surface area (Å²) in [6.07, 6.45) is 1.63. The van der Waals surface area contributed by atoms with Crippen molar-refractivity contribution in [2.45, 2.75) is 6.92 Å². The standard InChI is InChI=1S/C15H12N4O3/c1-9-12(6-3-7-13(9)19(21)22)17-15(20)11-5-2-4-10-8-16-18-14(10)11/h2-8H,1H3,(H,16,18)(H,17,20). The number of nitrogens with one attached hydrogen (secondary N) is 2. The van der Waals surface area contributed by atoms with Crippen molar-refractivity contribution in [3.63, 3.8) is 0 Å². The van der Waals surface area contributed by atoms with Crippen molar-refractivity contribution in [1.82, 2.24) is 10.2 Å². The minimum Gasteiger partial charge on any atom is -0.321 e. The maximum absolute atomic E-state index is 12.4. The van der Waals surface area contributed by atoms with Crippen LogP contribution in [-0.2, 0) is 0 Å². The maximum Gasteiger partial charge on any atom is 0.274 e. The van der Waals surface area contributed by atoms with E-state index in [4.69, 9.17) is 0 Å². The Balaban J connectivity index is 1.97. The van der Waals surface area contributed by atoms with Gasteiger partial charge in [-0.25, -0.2) is 0 Å². The average molecular weight is 296 g/mol. The van der Waals surface area contributed by atoms with Crippen molar-refractivity contribution < 1.29 is 9.72 Å². The molecular formula is C15H12N4O3. The van der Waals surface area contributed by atoms with Gasteiger partial charge in [0.2, 0.25) is 0 Å². The van der Waals surface area contributed by atoms with Crippen molar-refractivity contribution in [3.8, 4) is 0 Å². The molecule has 0 spiro atoms. The monoisotopic (exact) mass is 296 g/mol. The number of anilines is 1. The molecule has 0 unspecified atom stereocenters. The first kappa shape index (κ1) is 13.7. The number of carbonyl (C=O) groups excluding carboxylic acids is 1. The third-order valence-corrected chi connectivity index (χ3v) is 3.47. The lowest BCUT2D eigenvalue weighted by Crippen LogP contribution is -2.13. The van der Waals surface area contributed by atoms with E-state index in [-0.39, 0.29) is 11.6 Å². The number of hydrogen-bond acceptors (Lipinski definition) is 4. The Morgan fingerprint density at radius 2 is 2.05 bits per heavy atom. The van der Waals surface area contributed by atoms with Crippen LogP contribution in [-0.4, -0.2) is 21.0 Å². The average Bonchev–Trinajstić information content (AvgIpc) is 2.97. The summed E-state index contributed by atoms with van der Waals surface area (Å²) in [5.74, 6) is -0.349. The van der Waals surface area contributed by atoms with Crippen LogP contribution in [0.3, 0.4) is 0 Å². The summed E-state index contributed by atoms with van der Waals surface area (Å²) >= 11 is 0. The van der Waals surface area contributed by atoms with Crippen LogP contribution < -0.4 is 5.32 Å². The molecule has 2 aromatic carbocycles. The molecule has 0 fully saturated rings. The molecule has 1 aromatic heterocycles. The smallest absolute Gasteiger partial charge is 0.274 e. The number of nitrogens with zero attached hydrogens (tertiary/aromatic N) is 2. The molecule has 0 bridgehead atoms. The topological polar surface area (TPSA) is 101 Å². The number of carbonyl (C=O) groups is 1. The number of benzene rings is 2. The van der Waals surface area contributed by atoms with E-state index >= 15 is 0 Å². The Morgan fingerprint density at radius 1 is 1.27 bits per heavy atom. The van der Waals surface area contributed by atoms with Gasteiger partial charge in [-0.3, -0.25) is 20.0 Å². The number of para-hydroxylation sites is 1. The molecule has 7 nitrogen and oxygen atoms in total. The van der Waals surface area contributed by atoms with Gasteiger partial charge in [0.15, 0.2) is 0 Å². The Morgan fingerprint density at radius 3 is 2.82 bits per heavy atom. The molecule has 7 heteroatoms. The van der Waals surface area contributed by atoms with Gasteiger partial charge in [-0.2, -0.15) is 5.10 Å². The van der Waals surface area contributed by atoms with Gasteiger partial charge in [-0.05, 0) is 19.1 Å². The zero-order valence-electron chi connectivity index (χ0n) is 11.7. The lowest BCUT2D eigenvalue weighted by atomic mass is 10.1. The Kier molecular flexibility index (Phi) is 3.30. The van der Waals surface area contributed by atoms with E-state index in [1.54, 1.807) is 31.3 Å². The fraction of sp³-hybridized carbons (Fsp3) is 0.0667. The van der Waals surface area contributed by atoms with Crippen LogP contribution in [0.1, 0.15) is 15.9 Å². The summed E-state index contributed by atoms with van der Waals surface area (Å²) in [6.45, 7) is 1.60. The summed E-state index contributed by atoms with van der Waals surface area (Å²) in [5.41, 5.74) is 1.86. The molecule has 110 valence electrons. The second-order valence-corrected chi connectivity index (χ2v) is 4.80. The van der Waals surface area contributed by atoms with Gasteiger partial charge in [-0.15, -0.1) is 0 Å². The molecule has 0 aliphatic carbocycles. The van der Waals surface area contributed by atoms with Gasteiger partial charge in [0, 0.05) is 11.5 Å². The second kappa shape index (κ2) is 5.28. The molecule has 0 atom stereocenters. The van der Waals surface area contributed by atoms with Crippen LogP contribution in [0.2, 0.25) is 0 Å². The number of nitro benzene ring substituents is 1. The van der Waals surface area contributed by atoms with E-state index in [1.165, 1.54) is 12.1 Å². The summed E-state index contributed by atoms with van der Waals surface area (Å²) in [6, 6.07) is 9.84. The summed E-state index contributed by atoms with van der Waals surface area (Å²) < 4.78 is 0. The number of H-pyrrole nitrogens is 1. The third kappa shape index (κ3) is 2.28. The van der Waals surface area contributed by atoms with Crippen LogP contribution in [0.4, 0.5) is 11.4 Å². The van der Waals surface area contributed by atoms with E-state index in [0.717, 1.165) is 5.39 Å². The van der Waals surface area contributed by atoms with Gasteiger partial charge < -0.3 is 5.32 Å². The molecule has 0 saturated carbocycles. The number of nitro groups is 1. The Hall–Kier alpha value is -3.22. The normalized spacial score (nSPS) is 10.6. The van der Waals surface area contributed by atoms with Crippen LogP contribution in [0, 0.1) is 17.0 Å². The number of aromatic nitrogens is 2. The van der Waals surface area contributed by atoms with Crippen LogP contribution in [0.15, 0.2) is 42.6 Å². The molecule has 0 radical (unpaired) electrons. The van der Waals surface area contributed by atoms with Crippen LogP contribution in [0.5, 0.6) is 0 Å². The van der Waals surface area contributed by atoms with E-state index in [0.29, 0.717) is 22.3 Å². The van der Waals surface area contributed by atoms with Crippen molar-refractivity contribution in [1.29, 1.82) is 0 Å². The highest BCUT2D eigenvalue weighted by Gasteiger charge is 2.17. The predicted molar refractivity (Wildman–Crippen MR) is 81.9 cm³/mol. The molecule has 1 amide bonds. The molecule has 22 heavy (non-hydrogen) atoms. The lowest BCUT2D eigenvalue weighted by Gasteiger charge is -2.09. The highest BCUT2D eigenvalue weighted by Crippen LogP contribution is 2.26. The second-order valence-electron chi connectivity index (χ2n) is 4.80. The highest BCUT2D eigenvalue weighted by molar-refractivity contribution is 6.12. The van der Waals surface area contributed by atoms with Crippen molar-refractivity contribution in [2.75, 3.05) is 5.32 Å². The number of amides is 1. The molecule has 3 rings (SSSR count). The van der Waals surface area contributed by atoms with E-state index < -0.39 is 4.92 Å². The summed E-state index contributed by atoms with van der Waals surface area (Å²) in [5, 5.41) is 21.2. The first-order valence-electron chi connectivity index (χ1n) is 6.55. The number of aromatic amines is 1. The predicted octanol–water partition coefficient (Wildman–Crippen LogP) is 3.03. The molecule has 0 aliphatic heterocycles. The molecular weight excluding hydrogens is 284 g/mol. The van der Waals surface area contributed by atoms with Gasteiger partial charge in [-0.1, -0.05) is 18.2 Å². The zero-order chi connectivity index (χ0) is 15.7. The quantitative estimate of drug-likeness (QED) is 0.573. The first-order chi connectivity index (χ1) is 10.6. The van der Waals surface area contributed by atoms with Crippen molar-refractivity contribution >= 4 is 28.2 Å². The van der Waals surface area contributed by atoms with Crippen LogP contribution >= 0.6 is 0 Å². The Labute approximate surface area is 125 Å². The number of rotatable bonds is 3. The zero-order valence-corrected chi connectivity index (χ0v) is 11.7. The van der Waals surface area contributed by atoms with Gasteiger partial charge in [0.1, 0.15) is 0 Å². The lowest BCUT2D eigenvalue weighted by molar-refractivity contribution is -0.385. The van der Waals surface area contributed by atoms with E-state index in [1.807, 2.05) is 6.07 Å². The molecule has 1 heterocycles. The number of fused-ring (bicyclic) bond motifs is 1. The molecule has 0 aliphatic rings. The fourth-order valence-electron chi connectivity index (χ4n) is 2.30. The highest BCUT2D eigenvalue weighted by atomic mass is 16.6. The largest absolute Gasteiger partial charge is 0.321 e. The number of hydrogen-bond donors (Lipinski definition) is 2. The molecule has 3 aromatic rings. The van der Waals surface area contributed by atoms with Gasteiger partial charge in [0.05, 0.1) is 33.5 Å². The summed E-state index contributed by atoms with van der Waals surface area (Å²) in [7, 11) is 0. The molecule has 0 saturated heterocycles. The molecule has 2 N–H and O–H groups in total. The van der Waals surface area contributed by atoms with Gasteiger partial charge >= 0.3 is 0 Å². The van der Waals surface area contributed by atoms with Gasteiger partial charge in [0.25, 0.3) is 11.6 Å². The van der Waals surface area contributed by atoms with E-state index in [2.05, 4.69) is 15.5 Å². The van der Waals surface area contributed by atoms with Crippen molar-refractivity contribution in [3.05, 3.63) is 63.8 Å². The SMILES string of the molecule is Cc1c(NC(=O)c2cccc3cn[nH]c23)cccc1[N+](=O)[O-]. The fourth-order valence-corrected chi connectivity index (χ4v) is 2.30. The minimum absolute atomic E-state index is 0.0300. The third-order valence-electron chi connectivity index (χ3n) is 3.47. The minimum atomic E-state index is -0.472. The summed E-state index contributed by atoms with van der Waals surface area (Å²) in [4.78, 5) is 22.9. The Bertz CT molecular complexity index is 885. The first-order valence-corrected chi connectivity index (χ1v) is 6.55. The van der Waals surface area contributed by atoms with Crippen molar-refractivity contribution in [2.24, 2.45) is 0 Å². The maximum atomic E-state index is 12.4.